The number of carbonyl (C=O) groups is 2. The molecule has 5 heterocycles. The summed E-state index contributed by atoms with van der Waals surface area (Å²) in [6.07, 6.45) is 2.30. The van der Waals surface area contributed by atoms with Crippen LogP contribution in [-0.2, 0) is 13.0 Å². The Morgan fingerprint density at radius 1 is 0.896 bits per heavy atom. The second-order valence-electron chi connectivity index (χ2n) is 13.1. The lowest BCUT2D eigenvalue weighted by molar-refractivity contribution is 0.0973. The molecule has 1 saturated heterocycles. The summed E-state index contributed by atoms with van der Waals surface area (Å²) in [5.41, 5.74) is 3.32. The SMILES string of the molecule is C[C@H]1CCc2cc(F)ccc2N1C(=O)c1ccc(N2C[C@H]3C[C@@H](C2)c2cccc(=O)n2C3)c(NC(=O)c2cc3ccccc3oc2=O)c1. The van der Waals surface area contributed by atoms with Crippen molar-refractivity contribution in [2.75, 3.05) is 28.2 Å². The molecule has 5 aromatic rings. The van der Waals surface area contributed by atoms with E-state index < -0.39 is 11.5 Å². The van der Waals surface area contributed by atoms with Crippen molar-refractivity contribution in [3.05, 3.63) is 134 Å². The third-order valence-electron chi connectivity index (χ3n) is 9.99. The van der Waals surface area contributed by atoms with Gasteiger partial charge in [-0.15, -0.1) is 0 Å². The van der Waals surface area contributed by atoms with E-state index in [4.69, 9.17) is 4.42 Å². The van der Waals surface area contributed by atoms with E-state index in [1.165, 1.54) is 18.2 Å². The van der Waals surface area contributed by atoms with Crippen LogP contribution in [0.15, 0.2) is 98.9 Å². The summed E-state index contributed by atoms with van der Waals surface area (Å²) in [5.74, 6) is -0.954. The smallest absolute Gasteiger partial charge is 0.349 e. The van der Waals surface area contributed by atoms with Gasteiger partial charge in [0.2, 0.25) is 0 Å². The number of anilines is 3. The predicted octanol–water partition coefficient (Wildman–Crippen LogP) is 5.95. The Bertz CT molecular complexity index is 2240. The normalized spacial score (nSPS) is 19.8. The Hall–Kier alpha value is -5.51. The standard InChI is InChI=1S/C38H33FN4O5/c1-22-9-10-24-16-28(39)12-14-32(24)43(22)37(46)26-11-13-33(41-19-23-15-27(21-41)31-6-4-8-35(44)42(31)20-23)30(18-26)40-36(45)29-17-25-5-2-3-7-34(25)48-38(29)47/h2-8,11-14,16-18,22-23,27H,9-10,15,19-21H2,1H3,(H,40,45)/t22-,23+,27-/m0/s1. The molecule has 3 aromatic carbocycles. The molecular weight excluding hydrogens is 611 g/mol. The number of aromatic nitrogens is 1. The molecule has 0 spiro atoms. The number of nitrogens with one attached hydrogen (secondary N) is 1. The molecule has 10 heteroatoms. The predicted molar refractivity (Wildman–Crippen MR) is 182 cm³/mol. The number of aryl methyl sites for hydroxylation is 1. The lowest BCUT2D eigenvalue weighted by Crippen LogP contribution is -2.47. The summed E-state index contributed by atoms with van der Waals surface area (Å²) >= 11 is 0. The van der Waals surface area contributed by atoms with E-state index in [1.807, 2.05) is 23.6 Å². The molecule has 242 valence electrons. The Kier molecular flexibility index (Phi) is 7.23. The average Bonchev–Trinajstić information content (AvgIpc) is 3.08. The third-order valence-corrected chi connectivity index (χ3v) is 9.99. The van der Waals surface area contributed by atoms with E-state index in [2.05, 4.69) is 10.2 Å². The minimum atomic E-state index is -0.763. The molecule has 2 aromatic heterocycles. The lowest BCUT2D eigenvalue weighted by Gasteiger charge is -2.44. The third kappa shape index (κ3) is 5.17. The fraction of sp³-hybridized carbons (Fsp3) is 0.263. The zero-order chi connectivity index (χ0) is 33.1. The van der Waals surface area contributed by atoms with Crippen LogP contribution in [0, 0.1) is 11.7 Å². The molecule has 2 bridgehead atoms. The molecule has 1 fully saturated rings. The number of benzene rings is 3. The number of para-hydroxylation sites is 1. The van der Waals surface area contributed by atoms with E-state index in [9.17, 15) is 23.6 Å². The monoisotopic (exact) mass is 644 g/mol. The maximum Gasteiger partial charge on any atom is 0.349 e. The topological polar surface area (TPSA) is 105 Å². The summed E-state index contributed by atoms with van der Waals surface area (Å²) in [7, 11) is 0. The first-order chi connectivity index (χ1) is 23.2. The number of hydrogen-bond donors (Lipinski definition) is 1. The van der Waals surface area contributed by atoms with E-state index in [-0.39, 0.29) is 40.7 Å². The van der Waals surface area contributed by atoms with Gasteiger partial charge in [-0.2, -0.15) is 0 Å². The first-order valence-electron chi connectivity index (χ1n) is 16.3. The van der Waals surface area contributed by atoms with Crippen LogP contribution in [0.3, 0.4) is 0 Å². The molecule has 1 N–H and O–H groups in total. The van der Waals surface area contributed by atoms with E-state index in [0.29, 0.717) is 66.1 Å². The Balaban J connectivity index is 1.18. The van der Waals surface area contributed by atoms with Crippen LogP contribution < -0.4 is 26.3 Å². The molecule has 0 radical (unpaired) electrons. The van der Waals surface area contributed by atoms with Gasteiger partial charge in [-0.05, 0) is 92.3 Å². The summed E-state index contributed by atoms with van der Waals surface area (Å²) in [6.45, 7) is 3.82. The minimum Gasteiger partial charge on any atom is -0.422 e. The highest BCUT2D eigenvalue weighted by molar-refractivity contribution is 6.11. The molecule has 8 rings (SSSR count). The van der Waals surface area contributed by atoms with Crippen LogP contribution in [0.5, 0.6) is 0 Å². The minimum absolute atomic E-state index is 0.00284. The van der Waals surface area contributed by atoms with Gasteiger partial charge in [0.25, 0.3) is 17.4 Å². The van der Waals surface area contributed by atoms with E-state index in [1.54, 1.807) is 59.5 Å². The molecular formula is C38H33FN4O5. The second-order valence-corrected chi connectivity index (χ2v) is 13.1. The number of nitrogens with zero attached hydrogens (tertiary/aromatic N) is 3. The van der Waals surface area contributed by atoms with Gasteiger partial charge in [0.1, 0.15) is 17.0 Å². The van der Waals surface area contributed by atoms with Crippen molar-refractivity contribution in [1.82, 2.24) is 4.57 Å². The highest BCUT2D eigenvalue weighted by Gasteiger charge is 2.36. The van der Waals surface area contributed by atoms with Gasteiger partial charge in [0, 0.05) is 60.0 Å². The number of pyridine rings is 1. The number of amides is 2. The Labute approximate surface area is 275 Å². The fourth-order valence-corrected chi connectivity index (χ4v) is 7.72. The van der Waals surface area contributed by atoms with Crippen LogP contribution in [0.1, 0.15) is 57.7 Å². The highest BCUT2D eigenvalue weighted by atomic mass is 19.1. The first kappa shape index (κ1) is 29.9. The molecule has 2 amide bonds. The molecule has 3 aliphatic rings. The zero-order valence-corrected chi connectivity index (χ0v) is 26.3. The van der Waals surface area contributed by atoms with Crippen molar-refractivity contribution < 1.29 is 18.4 Å². The molecule has 3 atom stereocenters. The number of fused-ring (bicyclic) bond motifs is 6. The van der Waals surface area contributed by atoms with Crippen molar-refractivity contribution in [2.24, 2.45) is 5.92 Å². The van der Waals surface area contributed by atoms with Crippen molar-refractivity contribution in [3.8, 4) is 0 Å². The van der Waals surface area contributed by atoms with Crippen molar-refractivity contribution >= 4 is 39.8 Å². The van der Waals surface area contributed by atoms with Gasteiger partial charge in [0.05, 0.1) is 11.4 Å². The number of halogens is 1. The largest absolute Gasteiger partial charge is 0.422 e. The fourth-order valence-electron chi connectivity index (χ4n) is 7.72. The summed E-state index contributed by atoms with van der Waals surface area (Å²) in [6, 6.07) is 23.5. The van der Waals surface area contributed by atoms with Gasteiger partial charge in [-0.25, -0.2) is 9.18 Å². The summed E-state index contributed by atoms with van der Waals surface area (Å²) < 4.78 is 21.4. The molecule has 3 aliphatic heterocycles. The molecule has 0 unspecified atom stereocenters. The van der Waals surface area contributed by atoms with Crippen molar-refractivity contribution in [3.63, 3.8) is 0 Å². The van der Waals surface area contributed by atoms with Crippen LogP contribution in [0.4, 0.5) is 21.5 Å². The van der Waals surface area contributed by atoms with Crippen molar-refractivity contribution in [1.29, 1.82) is 0 Å². The number of piperidine rings is 1. The summed E-state index contributed by atoms with van der Waals surface area (Å²) in [4.78, 5) is 57.4. The van der Waals surface area contributed by atoms with E-state index in [0.717, 1.165) is 17.7 Å². The average molecular weight is 645 g/mol. The van der Waals surface area contributed by atoms with Crippen LogP contribution in [-0.4, -0.2) is 35.5 Å². The first-order valence-corrected chi connectivity index (χ1v) is 16.3. The van der Waals surface area contributed by atoms with Gasteiger partial charge < -0.3 is 24.1 Å². The van der Waals surface area contributed by atoms with Crippen LogP contribution in [0.2, 0.25) is 0 Å². The van der Waals surface area contributed by atoms with Crippen LogP contribution in [0.25, 0.3) is 11.0 Å². The quantitative estimate of drug-likeness (QED) is 0.243. The number of carbonyl (C=O) groups excluding carboxylic acids is 2. The number of rotatable bonds is 4. The summed E-state index contributed by atoms with van der Waals surface area (Å²) in [5, 5.41) is 3.55. The molecule has 0 aliphatic carbocycles. The zero-order valence-electron chi connectivity index (χ0n) is 26.3. The maximum atomic E-state index is 14.2. The van der Waals surface area contributed by atoms with Crippen LogP contribution >= 0.6 is 0 Å². The Morgan fingerprint density at radius 2 is 1.73 bits per heavy atom. The molecule has 9 nitrogen and oxygen atoms in total. The molecule has 0 saturated carbocycles. The number of hydrogen-bond acceptors (Lipinski definition) is 6. The van der Waals surface area contributed by atoms with Gasteiger partial charge in [0.15, 0.2) is 0 Å². The molecule has 48 heavy (non-hydrogen) atoms. The van der Waals surface area contributed by atoms with Gasteiger partial charge in [-0.1, -0.05) is 24.3 Å². The second kappa shape index (κ2) is 11.6. The van der Waals surface area contributed by atoms with Gasteiger partial charge in [-0.3, -0.25) is 14.4 Å². The maximum absolute atomic E-state index is 14.2. The van der Waals surface area contributed by atoms with Gasteiger partial charge >= 0.3 is 5.63 Å². The lowest BCUT2D eigenvalue weighted by atomic mass is 9.83. The highest BCUT2D eigenvalue weighted by Crippen LogP contribution is 2.40. The van der Waals surface area contributed by atoms with Crippen molar-refractivity contribution in [2.45, 2.75) is 44.7 Å². The van der Waals surface area contributed by atoms with E-state index >= 15 is 0 Å². The Morgan fingerprint density at radius 3 is 2.60 bits per heavy atom.